The van der Waals surface area contributed by atoms with Crippen LogP contribution in [0.25, 0.3) is 0 Å². The van der Waals surface area contributed by atoms with Crippen molar-refractivity contribution in [2.75, 3.05) is 5.32 Å². The van der Waals surface area contributed by atoms with Crippen LogP contribution in [0.1, 0.15) is 13.8 Å². The third kappa shape index (κ3) is 7.30. The van der Waals surface area contributed by atoms with Gasteiger partial charge in [-0.3, -0.25) is 4.79 Å². The van der Waals surface area contributed by atoms with Gasteiger partial charge in [-0.25, -0.2) is 0 Å². The molecule has 9 heteroatoms. The van der Waals surface area contributed by atoms with Crippen molar-refractivity contribution in [2.24, 2.45) is 5.73 Å². The van der Waals surface area contributed by atoms with Crippen LogP contribution in [-0.2, 0) is 13.3 Å². The van der Waals surface area contributed by atoms with Gasteiger partial charge in [0.2, 0.25) is 5.91 Å². The number of nitrogens with one attached hydrogen (secondary N) is 1. The van der Waals surface area contributed by atoms with Gasteiger partial charge in [-0.05, 0) is 0 Å². The molecule has 0 aromatic heterocycles. The van der Waals surface area contributed by atoms with Crippen LogP contribution in [0.2, 0.25) is 0 Å². The molecule has 0 saturated carbocycles. The third-order valence-electron chi connectivity index (χ3n) is 1.63. The molecule has 0 atom stereocenters. The number of aromatic hydroxyl groups is 1. The standard InChI is InChI=1S/C8H10AsNO5.C2H5NO/c1-5(11)10-7-4-6(9(13,14)15)2-3-8(7)12;1-2(3)4/h2-4,12H,1H3,(H,10,11)(H2,13,14,15);1H3,(H2,3,4). The Bertz CT molecular complexity index is 521. The fourth-order valence-electron chi connectivity index (χ4n) is 0.995. The van der Waals surface area contributed by atoms with Gasteiger partial charge >= 0.3 is 88.1 Å². The van der Waals surface area contributed by atoms with Crippen LogP contribution in [-0.4, -0.2) is 39.3 Å². The molecule has 0 saturated heterocycles. The molecule has 0 heterocycles. The van der Waals surface area contributed by atoms with E-state index in [2.05, 4.69) is 11.1 Å². The Morgan fingerprint density at radius 3 is 2.11 bits per heavy atom. The molecule has 0 unspecified atom stereocenters. The summed E-state index contributed by atoms with van der Waals surface area (Å²) in [6.45, 7) is 2.54. The first-order chi connectivity index (χ1) is 8.54. The molecule has 6 N–H and O–H groups in total. The average Bonchev–Trinajstić information content (AvgIpc) is 2.18. The summed E-state index contributed by atoms with van der Waals surface area (Å²) in [5, 5.41) is 11.6. The molecule has 0 bridgehead atoms. The Balaban J connectivity index is 0.000000711. The predicted octanol–water partition coefficient (Wildman–Crippen LogP) is -1.60. The van der Waals surface area contributed by atoms with E-state index in [-0.39, 0.29) is 21.7 Å². The molecule has 0 aliphatic rings. The third-order valence-corrected chi connectivity index (χ3v) is 3.62. The molecule has 1 rings (SSSR count). The maximum Gasteiger partial charge on any atom is 0.214 e. The fourth-order valence-corrected chi connectivity index (χ4v) is 2.18. The first-order valence-corrected chi connectivity index (χ1v) is 8.35. The SMILES string of the molecule is CC(=O)Nc1cc([As](=O)(O)O)ccc1O.CC(N)=O. The number of nitrogens with two attached hydrogens (primary N) is 1. The van der Waals surface area contributed by atoms with E-state index in [0.29, 0.717) is 0 Å². The zero-order valence-corrected chi connectivity index (χ0v) is 12.2. The van der Waals surface area contributed by atoms with Gasteiger partial charge < -0.3 is 5.73 Å². The van der Waals surface area contributed by atoms with Gasteiger partial charge in [0, 0.05) is 6.92 Å². The van der Waals surface area contributed by atoms with Crippen LogP contribution in [0, 0.1) is 0 Å². The van der Waals surface area contributed by atoms with Crippen LogP contribution in [0.3, 0.4) is 0 Å². The monoisotopic (exact) mass is 334 g/mol. The predicted molar refractivity (Wildman–Crippen MR) is 67.8 cm³/mol. The molecule has 0 aliphatic carbocycles. The van der Waals surface area contributed by atoms with Crippen molar-refractivity contribution in [3.63, 3.8) is 0 Å². The Morgan fingerprint density at radius 1 is 1.26 bits per heavy atom. The zero-order valence-electron chi connectivity index (χ0n) is 10.3. The second-order valence-electron chi connectivity index (χ2n) is 3.54. The van der Waals surface area contributed by atoms with Crippen molar-refractivity contribution in [1.82, 2.24) is 0 Å². The summed E-state index contributed by atoms with van der Waals surface area (Å²) in [5.41, 5.74) is 4.46. The number of benzene rings is 1. The maximum atomic E-state index is 10.9. The van der Waals surface area contributed by atoms with Crippen molar-refractivity contribution in [1.29, 1.82) is 0 Å². The van der Waals surface area contributed by atoms with E-state index in [4.69, 9.17) is 8.19 Å². The Morgan fingerprint density at radius 2 is 1.74 bits per heavy atom. The molecule has 0 aliphatic heterocycles. The van der Waals surface area contributed by atoms with Crippen molar-refractivity contribution in [3.05, 3.63) is 18.2 Å². The van der Waals surface area contributed by atoms with E-state index >= 15 is 0 Å². The van der Waals surface area contributed by atoms with Crippen LogP contribution in [0.15, 0.2) is 18.2 Å². The van der Waals surface area contributed by atoms with Crippen molar-refractivity contribution >= 4 is 36.0 Å². The van der Waals surface area contributed by atoms with Gasteiger partial charge in [0.1, 0.15) is 0 Å². The summed E-state index contributed by atoms with van der Waals surface area (Å²) in [6.07, 6.45) is 0. The van der Waals surface area contributed by atoms with Gasteiger partial charge in [-0.2, -0.15) is 0 Å². The summed E-state index contributed by atoms with van der Waals surface area (Å²) in [7, 11) is 0. The molecule has 1 aromatic rings. The van der Waals surface area contributed by atoms with Crippen molar-refractivity contribution in [2.45, 2.75) is 13.8 Å². The molecule has 1 aromatic carbocycles. The van der Waals surface area contributed by atoms with Crippen LogP contribution < -0.4 is 15.4 Å². The molecule has 0 fully saturated rings. The zero-order chi connectivity index (χ0) is 15.2. The van der Waals surface area contributed by atoms with E-state index in [9.17, 15) is 18.4 Å². The van der Waals surface area contributed by atoms with E-state index in [1.165, 1.54) is 13.8 Å². The summed E-state index contributed by atoms with van der Waals surface area (Å²) in [5.74, 6) is -1.00. The molecule has 0 spiro atoms. The van der Waals surface area contributed by atoms with Gasteiger partial charge in [0.05, 0.1) is 0 Å². The van der Waals surface area contributed by atoms with Gasteiger partial charge in [0.15, 0.2) is 0 Å². The second-order valence-corrected chi connectivity index (χ2v) is 6.90. The summed E-state index contributed by atoms with van der Waals surface area (Å²) >= 11 is -4.98. The number of phenolic OH excluding ortho intramolecular Hbond substituents is 1. The largest absolute Gasteiger partial charge is 0.370 e. The van der Waals surface area contributed by atoms with Crippen molar-refractivity contribution in [3.8, 4) is 5.75 Å². The minimum absolute atomic E-state index is 0.00951. The molecular formula is C10H15AsN2O6. The summed E-state index contributed by atoms with van der Waals surface area (Å²) in [4.78, 5) is 19.9. The number of hydrogen-bond donors (Lipinski definition) is 5. The number of primary amides is 1. The van der Waals surface area contributed by atoms with E-state index in [0.717, 1.165) is 18.2 Å². The quantitative estimate of drug-likeness (QED) is 0.325. The smallest absolute Gasteiger partial charge is 0.214 e. The van der Waals surface area contributed by atoms with Crippen molar-refractivity contribution < 1.29 is 26.6 Å². The number of amides is 2. The molecule has 0 radical (unpaired) electrons. The Hall–Kier alpha value is -1.76. The van der Waals surface area contributed by atoms with E-state index < -0.39 is 20.1 Å². The summed E-state index contributed by atoms with van der Waals surface area (Å²) < 4.78 is 28.6. The first-order valence-electron chi connectivity index (χ1n) is 4.96. The van der Waals surface area contributed by atoms with Crippen LogP contribution >= 0.6 is 0 Å². The van der Waals surface area contributed by atoms with Crippen LogP contribution in [0.4, 0.5) is 5.69 Å². The summed E-state index contributed by atoms with van der Waals surface area (Å²) in [6, 6.07) is 3.32. The molecule has 2 amide bonds. The number of anilines is 1. The molecular weight excluding hydrogens is 319 g/mol. The number of phenols is 1. The van der Waals surface area contributed by atoms with E-state index in [1.54, 1.807) is 0 Å². The van der Waals surface area contributed by atoms with E-state index in [1.807, 2.05) is 0 Å². The first kappa shape index (κ1) is 17.2. The van der Waals surface area contributed by atoms with Gasteiger partial charge in [0.25, 0.3) is 0 Å². The molecule has 8 nitrogen and oxygen atoms in total. The maximum absolute atomic E-state index is 10.9. The fraction of sp³-hybridized carbons (Fsp3) is 0.200. The van der Waals surface area contributed by atoms with Gasteiger partial charge in [-0.1, -0.05) is 0 Å². The topological polar surface area (TPSA) is 150 Å². The minimum atomic E-state index is -4.98. The number of rotatable bonds is 2. The Labute approximate surface area is 112 Å². The number of hydrogen-bond acceptors (Lipinski definition) is 4. The molecule has 106 valence electrons. The normalized spacial score (nSPS) is 10.1. The average molecular weight is 334 g/mol. The Kier molecular flexibility index (Phi) is 6.34. The van der Waals surface area contributed by atoms with Gasteiger partial charge in [-0.15, -0.1) is 0 Å². The number of carbonyl (C=O) groups excluding carboxylic acids is 2. The van der Waals surface area contributed by atoms with Crippen LogP contribution in [0.5, 0.6) is 5.75 Å². The second kappa shape index (κ2) is 6.98. The molecule has 19 heavy (non-hydrogen) atoms. The minimum Gasteiger partial charge on any atom is -0.370 e. The number of carbonyl (C=O) groups is 2.